The van der Waals surface area contributed by atoms with Crippen molar-refractivity contribution in [1.29, 1.82) is 0 Å². The second-order valence-electron chi connectivity index (χ2n) is 5.42. The number of aromatic nitrogens is 1. The zero-order chi connectivity index (χ0) is 15.2. The van der Waals surface area contributed by atoms with E-state index in [0.717, 1.165) is 42.8 Å². The number of ether oxygens (including phenoxy) is 1. The first-order valence-corrected chi connectivity index (χ1v) is 8.35. The molecule has 1 N–H and O–H groups in total. The molecular formula is C15H22N2O3S. The van der Waals surface area contributed by atoms with Crippen LogP contribution in [0.15, 0.2) is 5.38 Å². The van der Waals surface area contributed by atoms with Crippen molar-refractivity contribution in [2.24, 2.45) is 5.92 Å². The third-order valence-corrected chi connectivity index (χ3v) is 4.79. The number of carbonyl (C=O) groups is 2. The third kappa shape index (κ3) is 4.52. The summed E-state index contributed by atoms with van der Waals surface area (Å²) in [5, 5.41) is 5.69. The van der Waals surface area contributed by atoms with E-state index >= 15 is 0 Å². The van der Waals surface area contributed by atoms with Crippen molar-refractivity contribution >= 4 is 23.2 Å². The Hall–Kier alpha value is -1.43. The highest BCUT2D eigenvalue weighted by atomic mass is 32.1. The maximum absolute atomic E-state index is 12.3. The van der Waals surface area contributed by atoms with Gasteiger partial charge in [0.1, 0.15) is 12.6 Å². The van der Waals surface area contributed by atoms with E-state index in [4.69, 9.17) is 4.74 Å². The van der Waals surface area contributed by atoms with Crippen LogP contribution in [0.2, 0.25) is 0 Å². The Morgan fingerprint density at radius 1 is 1.48 bits per heavy atom. The van der Waals surface area contributed by atoms with E-state index in [9.17, 15) is 9.59 Å². The van der Waals surface area contributed by atoms with Crippen molar-refractivity contribution in [3.63, 3.8) is 0 Å². The Labute approximate surface area is 129 Å². The van der Waals surface area contributed by atoms with Crippen molar-refractivity contribution in [3.8, 4) is 0 Å². The lowest BCUT2D eigenvalue weighted by atomic mass is 9.98. The highest BCUT2D eigenvalue weighted by molar-refractivity contribution is 7.09. The minimum Gasteiger partial charge on any atom is -0.458 e. The van der Waals surface area contributed by atoms with E-state index in [1.807, 2.05) is 12.3 Å². The fraction of sp³-hybridized carbons (Fsp3) is 0.667. The molecular weight excluding hydrogens is 288 g/mol. The number of rotatable bonds is 6. The van der Waals surface area contributed by atoms with Gasteiger partial charge in [-0.15, -0.1) is 11.3 Å². The molecule has 1 fully saturated rings. The number of thiazole rings is 1. The maximum atomic E-state index is 12.3. The van der Waals surface area contributed by atoms with Crippen LogP contribution >= 0.6 is 11.3 Å². The summed E-state index contributed by atoms with van der Waals surface area (Å²) in [6, 6.07) is -0.519. The van der Waals surface area contributed by atoms with Crippen LogP contribution in [0.3, 0.4) is 0 Å². The van der Waals surface area contributed by atoms with Gasteiger partial charge in [0.25, 0.3) is 0 Å². The molecule has 1 amide bonds. The Morgan fingerprint density at radius 3 is 2.76 bits per heavy atom. The van der Waals surface area contributed by atoms with Gasteiger partial charge >= 0.3 is 5.97 Å². The van der Waals surface area contributed by atoms with Gasteiger partial charge in [0, 0.05) is 12.3 Å². The van der Waals surface area contributed by atoms with Crippen LogP contribution in [0.25, 0.3) is 0 Å². The number of amides is 1. The summed E-state index contributed by atoms with van der Waals surface area (Å²) in [4.78, 5) is 27.9. The second-order valence-corrected chi connectivity index (χ2v) is 6.36. The Morgan fingerprint density at radius 2 is 2.19 bits per heavy atom. The monoisotopic (exact) mass is 310 g/mol. The van der Waals surface area contributed by atoms with E-state index in [0.29, 0.717) is 0 Å². The van der Waals surface area contributed by atoms with Crippen molar-refractivity contribution in [1.82, 2.24) is 10.3 Å². The molecule has 5 nitrogen and oxygen atoms in total. The standard InChI is InChI=1S/C15H22N2O3S/c1-3-13-17-12(9-21-13)8-20-15(19)14(16-10(2)18)11-6-4-5-7-11/h9,11,14H,3-8H2,1-2H3,(H,16,18). The van der Waals surface area contributed by atoms with Crippen LogP contribution in [0.5, 0.6) is 0 Å². The first-order chi connectivity index (χ1) is 10.1. The Bertz CT molecular complexity index is 495. The van der Waals surface area contributed by atoms with Gasteiger partial charge in [-0.2, -0.15) is 0 Å². The fourth-order valence-electron chi connectivity index (χ4n) is 2.69. The average Bonchev–Trinajstić information content (AvgIpc) is 3.12. The van der Waals surface area contributed by atoms with Crippen molar-refractivity contribution < 1.29 is 14.3 Å². The predicted octanol–water partition coefficient (Wildman–Crippen LogP) is 2.44. The summed E-state index contributed by atoms with van der Waals surface area (Å²) in [6.07, 6.45) is 5.04. The molecule has 1 aliphatic rings. The highest BCUT2D eigenvalue weighted by Gasteiger charge is 2.32. The van der Waals surface area contributed by atoms with Gasteiger partial charge in [-0.05, 0) is 25.2 Å². The SMILES string of the molecule is CCc1nc(COC(=O)C(NC(C)=O)C2CCCC2)cs1. The number of hydrogen-bond acceptors (Lipinski definition) is 5. The first kappa shape index (κ1) is 15.9. The molecule has 1 heterocycles. The molecule has 0 saturated heterocycles. The molecule has 1 atom stereocenters. The van der Waals surface area contributed by atoms with Gasteiger partial charge < -0.3 is 10.1 Å². The molecule has 1 aliphatic carbocycles. The molecule has 0 aliphatic heterocycles. The maximum Gasteiger partial charge on any atom is 0.329 e. The molecule has 2 rings (SSSR count). The van der Waals surface area contributed by atoms with E-state index in [-0.39, 0.29) is 24.4 Å². The van der Waals surface area contributed by atoms with Crippen LogP contribution < -0.4 is 5.32 Å². The zero-order valence-electron chi connectivity index (χ0n) is 12.6. The molecule has 1 aromatic heterocycles. The lowest BCUT2D eigenvalue weighted by molar-refractivity contribution is -0.150. The van der Waals surface area contributed by atoms with E-state index in [1.54, 1.807) is 11.3 Å². The molecule has 0 bridgehead atoms. The summed E-state index contributed by atoms with van der Waals surface area (Å²) >= 11 is 1.57. The number of hydrogen-bond donors (Lipinski definition) is 1. The highest BCUT2D eigenvalue weighted by Crippen LogP contribution is 2.28. The fourth-order valence-corrected chi connectivity index (χ4v) is 3.42. The Balaban J connectivity index is 1.92. The van der Waals surface area contributed by atoms with E-state index in [2.05, 4.69) is 10.3 Å². The number of aryl methyl sites for hydroxylation is 1. The smallest absolute Gasteiger partial charge is 0.329 e. The van der Waals surface area contributed by atoms with Crippen LogP contribution in [0.4, 0.5) is 0 Å². The molecule has 1 saturated carbocycles. The molecule has 116 valence electrons. The van der Waals surface area contributed by atoms with Crippen molar-refractivity contribution in [2.75, 3.05) is 0 Å². The summed E-state index contributed by atoms with van der Waals surface area (Å²) in [7, 11) is 0. The quantitative estimate of drug-likeness (QED) is 0.820. The molecule has 0 radical (unpaired) electrons. The molecule has 1 unspecified atom stereocenters. The normalized spacial score (nSPS) is 16.7. The molecule has 1 aromatic rings. The number of nitrogens with zero attached hydrogens (tertiary/aromatic N) is 1. The summed E-state index contributed by atoms with van der Waals surface area (Å²) < 4.78 is 5.35. The molecule has 0 spiro atoms. The molecule has 0 aromatic carbocycles. The predicted molar refractivity (Wildman–Crippen MR) is 80.9 cm³/mol. The van der Waals surface area contributed by atoms with Crippen molar-refractivity contribution in [3.05, 3.63) is 16.1 Å². The number of carbonyl (C=O) groups excluding carboxylic acids is 2. The summed E-state index contributed by atoms with van der Waals surface area (Å²) in [5.74, 6) is -0.336. The number of nitrogens with one attached hydrogen (secondary N) is 1. The topological polar surface area (TPSA) is 68.3 Å². The van der Waals surface area contributed by atoms with Crippen LogP contribution in [0, 0.1) is 5.92 Å². The van der Waals surface area contributed by atoms with Gasteiger partial charge in [0.15, 0.2) is 0 Å². The van der Waals surface area contributed by atoms with Crippen LogP contribution in [-0.4, -0.2) is 22.9 Å². The number of esters is 1. The summed E-state index contributed by atoms with van der Waals surface area (Å²) in [5.41, 5.74) is 0.776. The van der Waals surface area contributed by atoms with Gasteiger partial charge in [0.2, 0.25) is 5.91 Å². The lowest BCUT2D eigenvalue weighted by Gasteiger charge is -2.22. The van der Waals surface area contributed by atoms with E-state index in [1.165, 1.54) is 6.92 Å². The minimum absolute atomic E-state index is 0.179. The van der Waals surface area contributed by atoms with Crippen LogP contribution in [0.1, 0.15) is 50.2 Å². The third-order valence-electron chi connectivity index (χ3n) is 3.75. The minimum atomic E-state index is -0.519. The summed E-state index contributed by atoms with van der Waals surface area (Å²) in [6.45, 7) is 3.66. The zero-order valence-corrected chi connectivity index (χ0v) is 13.4. The Kier molecular flexibility index (Phi) is 5.73. The first-order valence-electron chi connectivity index (χ1n) is 7.47. The molecule has 6 heteroatoms. The van der Waals surface area contributed by atoms with Gasteiger partial charge in [0.05, 0.1) is 10.7 Å². The van der Waals surface area contributed by atoms with E-state index < -0.39 is 6.04 Å². The largest absolute Gasteiger partial charge is 0.458 e. The second kappa shape index (κ2) is 7.54. The lowest BCUT2D eigenvalue weighted by Crippen LogP contribution is -2.45. The van der Waals surface area contributed by atoms with Crippen LogP contribution in [-0.2, 0) is 27.4 Å². The van der Waals surface area contributed by atoms with Gasteiger partial charge in [-0.1, -0.05) is 19.8 Å². The average molecular weight is 310 g/mol. The molecule has 21 heavy (non-hydrogen) atoms. The van der Waals surface area contributed by atoms with Gasteiger partial charge in [-0.3, -0.25) is 4.79 Å². The van der Waals surface area contributed by atoms with Gasteiger partial charge in [-0.25, -0.2) is 9.78 Å². The van der Waals surface area contributed by atoms with Crippen molar-refractivity contribution in [2.45, 2.75) is 58.6 Å².